The Kier molecular flexibility index (Phi) is 7.48. The Bertz CT molecular complexity index is 1020. The second-order valence-corrected chi connectivity index (χ2v) is 10.6. The van der Waals surface area contributed by atoms with Crippen molar-refractivity contribution in [3.05, 3.63) is 59.1 Å². The molecule has 0 aromatic heterocycles. The number of hydrogen-bond acceptors (Lipinski definition) is 5. The predicted molar refractivity (Wildman–Crippen MR) is 124 cm³/mol. The number of halogens is 1. The fourth-order valence-electron chi connectivity index (χ4n) is 4.15. The van der Waals surface area contributed by atoms with Crippen LogP contribution >= 0.6 is 11.6 Å². The number of nitrogens with one attached hydrogen (secondary N) is 1. The molecule has 4 rings (SSSR count). The molecule has 2 aromatic carbocycles. The van der Waals surface area contributed by atoms with E-state index in [4.69, 9.17) is 16.3 Å². The van der Waals surface area contributed by atoms with Crippen molar-refractivity contribution in [2.45, 2.75) is 24.3 Å². The van der Waals surface area contributed by atoms with Crippen LogP contribution in [0.2, 0.25) is 5.02 Å². The van der Waals surface area contributed by atoms with E-state index in [9.17, 15) is 13.2 Å². The lowest BCUT2D eigenvalue weighted by molar-refractivity contribution is -0.121. The number of ether oxygens (including phenoxy) is 1. The molecule has 2 aliphatic rings. The minimum atomic E-state index is -3.54. The topological polar surface area (TPSA) is 79.0 Å². The van der Waals surface area contributed by atoms with Gasteiger partial charge in [0.25, 0.3) is 0 Å². The van der Waals surface area contributed by atoms with Crippen molar-refractivity contribution in [2.24, 2.45) is 5.92 Å². The lowest BCUT2D eigenvalue weighted by Crippen LogP contribution is -2.40. The second kappa shape index (κ2) is 10.3. The minimum Gasteiger partial charge on any atom is -0.379 e. The van der Waals surface area contributed by atoms with Crippen LogP contribution in [0.4, 0.5) is 5.69 Å². The number of carbonyl (C=O) groups is 1. The Morgan fingerprint density at radius 3 is 2.41 bits per heavy atom. The van der Waals surface area contributed by atoms with E-state index in [0.29, 0.717) is 43.6 Å². The largest absolute Gasteiger partial charge is 0.379 e. The number of likely N-dealkylation sites (tertiary alicyclic amines) is 1. The van der Waals surface area contributed by atoms with Crippen LogP contribution in [0.1, 0.15) is 18.4 Å². The van der Waals surface area contributed by atoms with E-state index >= 15 is 0 Å². The number of carbonyl (C=O) groups excluding carboxylic acids is 1. The van der Waals surface area contributed by atoms with Gasteiger partial charge in [-0.2, -0.15) is 4.31 Å². The second-order valence-electron chi connectivity index (χ2n) is 8.23. The van der Waals surface area contributed by atoms with E-state index < -0.39 is 10.0 Å². The summed E-state index contributed by atoms with van der Waals surface area (Å²) < 4.78 is 32.2. The van der Waals surface area contributed by atoms with Gasteiger partial charge in [0, 0.05) is 36.9 Å². The summed E-state index contributed by atoms with van der Waals surface area (Å²) in [7, 11) is -3.54. The minimum absolute atomic E-state index is 0.0328. The Balaban J connectivity index is 1.34. The van der Waals surface area contributed by atoms with Crippen molar-refractivity contribution >= 4 is 33.2 Å². The number of anilines is 1. The number of hydrogen-bond donors (Lipinski definition) is 1. The molecular weight excluding hydrogens is 450 g/mol. The van der Waals surface area contributed by atoms with Gasteiger partial charge in [-0.1, -0.05) is 23.7 Å². The van der Waals surface area contributed by atoms with Crippen molar-refractivity contribution < 1.29 is 17.9 Å². The van der Waals surface area contributed by atoms with Crippen molar-refractivity contribution in [2.75, 3.05) is 44.7 Å². The zero-order valence-electron chi connectivity index (χ0n) is 17.9. The molecule has 2 fully saturated rings. The molecule has 2 heterocycles. The first kappa shape index (κ1) is 23.2. The summed E-state index contributed by atoms with van der Waals surface area (Å²) >= 11 is 5.96. The Labute approximate surface area is 194 Å². The molecule has 32 heavy (non-hydrogen) atoms. The van der Waals surface area contributed by atoms with Crippen molar-refractivity contribution in [3.63, 3.8) is 0 Å². The van der Waals surface area contributed by atoms with E-state index in [1.807, 2.05) is 24.3 Å². The van der Waals surface area contributed by atoms with Crippen LogP contribution in [-0.2, 0) is 26.1 Å². The molecule has 2 aliphatic heterocycles. The first-order chi connectivity index (χ1) is 15.4. The Morgan fingerprint density at radius 2 is 1.72 bits per heavy atom. The maximum atomic E-state index is 12.8. The fraction of sp³-hybridized carbons (Fsp3) is 0.435. The molecule has 2 aromatic rings. The summed E-state index contributed by atoms with van der Waals surface area (Å²) in [6.07, 6.45) is 1.80. The van der Waals surface area contributed by atoms with Gasteiger partial charge in [-0.3, -0.25) is 9.69 Å². The summed E-state index contributed by atoms with van der Waals surface area (Å²) in [6.45, 7) is 3.96. The van der Waals surface area contributed by atoms with Gasteiger partial charge in [0.15, 0.2) is 0 Å². The normalized spacial score (nSPS) is 20.7. The molecule has 0 saturated carbocycles. The van der Waals surface area contributed by atoms with Gasteiger partial charge in [-0.15, -0.1) is 0 Å². The zero-order chi connectivity index (χ0) is 22.6. The molecule has 1 N–H and O–H groups in total. The average molecular weight is 478 g/mol. The first-order valence-corrected chi connectivity index (χ1v) is 12.7. The van der Waals surface area contributed by atoms with Gasteiger partial charge in [0.1, 0.15) is 0 Å². The number of amides is 1. The van der Waals surface area contributed by atoms with Gasteiger partial charge in [-0.25, -0.2) is 8.42 Å². The highest BCUT2D eigenvalue weighted by Crippen LogP contribution is 2.23. The van der Waals surface area contributed by atoms with Gasteiger partial charge >= 0.3 is 0 Å². The molecular formula is C23H28ClN3O4S. The van der Waals surface area contributed by atoms with Crippen LogP contribution in [-0.4, -0.2) is 62.9 Å². The quantitative estimate of drug-likeness (QED) is 0.691. The smallest absolute Gasteiger partial charge is 0.243 e. The lowest BCUT2D eigenvalue weighted by atomic mass is 9.96. The van der Waals surface area contributed by atoms with Gasteiger partial charge in [0.2, 0.25) is 15.9 Å². The molecule has 7 nitrogen and oxygen atoms in total. The van der Waals surface area contributed by atoms with Crippen molar-refractivity contribution in [1.29, 1.82) is 0 Å². The van der Waals surface area contributed by atoms with Crippen LogP contribution in [0.5, 0.6) is 0 Å². The molecule has 2 saturated heterocycles. The number of piperidine rings is 1. The summed E-state index contributed by atoms with van der Waals surface area (Å²) in [6, 6.07) is 14.2. The number of nitrogens with zero attached hydrogens (tertiary/aromatic N) is 2. The predicted octanol–water partition coefficient (Wildman–Crippen LogP) is 3.21. The summed E-state index contributed by atoms with van der Waals surface area (Å²) in [5, 5.41) is 3.67. The van der Waals surface area contributed by atoms with Crippen LogP contribution in [0.15, 0.2) is 53.4 Å². The Morgan fingerprint density at radius 1 is 1.03 bits per heavy atom. The van der Waals surface area contributed by atoms with E-state index in [1.165, 1.54) is 9.87 Å². The van der Waals surface area contributed by atoms with Crippen LogP contribution in [0.25, 0.3) is 0 Å². The number of rotatable bonds is 6. The van der Waals surface area contributed by atoms with Gasteiger partial charge < -0.3 is 10.1 Å². The SMILES string of the molecule is O=C(Nc1ccc(S(=O)(=O)N2CCOCC2)cc1)C1CCCN(Cc2ccc(Cl)cc2)C1. The van der Waals surface area contributed by atoms with Gasteiger partial charge in [-0.05, 0) is 61.3 Å². The maximum absolute atomic E-state index is 12.8. The van der Waals surface area contributed by atoms with E-state index in [0.717, 1.165) is 25.9 Å². The molecule has 0 aliphatic carbocycles. The molecule has 9 heteroatoms. The third-order valence-electron chi connectivity index (χ3n) is 5.93. The van der Waals surface area contributed by atoms with Crippen LogP contribution < -0.4 is 5.32 Å². The number of sulfonamides is 1. The van der Waals surface area contributed by atoms with Crippen molar-refractivity contribution in [3.8, 4) is 0 Å². The molecule has 1 unspecified atom stereocenters. The zero-order valence-corrected chi connectivity index (χ0v) is 19.4. The highest BCUT2D eigenvalue weighted by molar-refractivity contribution is 7.89. The molecule has 0 radical (unpaired) electrons. The molecule has 172 valence electrons. The number of morpholine rings is 1. The Hall–Kier alpha value is -1.97. The van der Waals surface area contributed by atoms with E-state index in [-0.39, 0.29) is 16.7 Å². The monoisotopic (exact) mass is 477 g/mol. The highest BCUT2D eigenvalue weighted by atomic mass is 35.5. The fourth-order valence-corrected chi connectivity index (χ4v) is 5.69. The third kappa shape index (κ3) is 5.68. The van der Waals surface area contributed by atoms with Crippen LogP contribution in [0.3, 0.4) is 0 Å². The van der Waals surface area contributed by atoms with E-state index in [2.05, 4.69) is 10.2 Å². The third-order valence-corrected chi connectivity index (χ3v) is 8.09. The van der Waals surface area contributed by atoms with Crippen LogP contribution in [0, 0.1) is 5.92 Å². The standard InChI is InChI=1S/C23H28ClN3O4S/c24-20-5-3-18(4-6-20)16-26-11-1-2-19(17-26)23(28)25-21-7-9-22(10-8-21)32(29,30)27-12-14-31-15-13-27/h3-10,19H,1-2,11-17H2,(H,25,28). The first-order valence-electron chi connectivity index (χ1n) is 10.9. The average Bonchev–Trinajstić information content (AvgIpc) is 2.82. The summed E-state index contributed by atoms with van der Waals surface area (Å²) in [5.74, 6) is -0.137. The maximum Gasteiger partial charge on any atom is 0.243 e. The molecule has 0 spiro atoms. The van der Waals surface area contributed by atoms with E-state index in [1.54, 1.807) is 24.3 Å². The van der Waals surface area contributed by atoms with Crippen molar-refractivity contribution in [1.82, 2.24) is 9.21 Å². The molecule has 1 atom stereocenters. The lowest BCUT2D eigenvalue weighted by Gasteiger charge is -2.32. The summed E-state index contributed by atoms with van der Waals surface area (Å²) in [4.78, 5) is 15.4. The molecule has 1 amide bonds. The highest BCUT2D eigenvalue weighted by Gasteiger charge is 2.27. The molecule has 0 bridgehead atoms. The van der Waals surface area contributed by atoms with Gasteiger partial charge in [0.05, 0.1) is 24.0 Å². The summed E-state index contributed by atoms with van der Waals surface area (Å²) in [5.41, 5.74) is 1.78. The number of benzene rings is 2.